The van der Waals surface area contributed by atoms with Gasteiger partial charge >= 0.3 is 0 Å². The third-order valence-corrected chi connectivity index (χ3v) is 6.26. The van der Waals surface area contributed by atoms with Crippen LogP contribution in [-0.2, 0) is 19.9 Å². The average Bonchev–Trinajstić information content (AvgIpc) is 2.40. The fourth-order valence-corrected chi connectivity index (χ4v) is 4.32. The summed E-state index contributed by atoms with van der Waals surface area (Å²) in [5.74, 6) is 0. The molecule has 0 aliphatic carbocycles. The third kappa shape index (κ3) is 4.66. The highest BCUT2D eigenvalue weighted by molar-refractivity contribution is 7.90. The van der Waals surface area contributed by atoms with Crippen molar-refractivity contribution in [3.8, 4) is 0 Å². The molecule has 1 fully saturated rings. The minimum Gasteiger partial charge on any atom is -0.313 e. The van der Waals surface area contributed by atoms with Gasteiger partial charge in [-0.25, -0.2) is 21.6 Å². The number of hydrogen-bond donors (Lipinski definition) is 2. The van der Waals surface area contributed by atoms with E-state index in [9.17, 15) is 16.8 Å². The molecular formula is C13H21ClN2O4S2. The Hall–Kier alpha value is -0.670. The van der Waals surface area contributed by atoms with Gasteiger partial charge in [-0.3, -0.25) is 0 Å². The maximum absolute atomic E-state index is 12.3. The first-order chi connectivity index (χ1) is 9.70. The smallest absolute Gasteiger partial charge is 0.240 e. The lowest BCUT2D eigenvalue weighted by molar-refractivity contribution is 0.349. The average molecular weight is 369 g/mol. The van der Waals surface area contributed by atoms with Crippen molar-refractivity contribution in [1.29, 1.82) is 0 Å². The lowest BCUT2D eigenvalue weighted by Crippen LogP contribution is -2.51. The zero-order valence-corrected chi connectivity index (χ0v) is 14.9. The second-order valence-corrected chi connectivity index (χ2v) is 9.09. The van der Waals surface area contributed by atoms with Crippen LogP contribution in [0, 0.1) is 0 Å². The van der Waals surface area contributed by atoms with E-state index in [4.69, 9.17) is 0 Å². The number of benzene rings is 1. The van der Waals surface area contributed by atoms with Crippen molar-refractivity contribution in [1.82, 2.24) is 10.0 Å². The zero-order chi connectivity index (χ0) is 15.7. The summed E-state index contributed by atoms with van der Waals surface area (Å²) < 4.78 is 50.1. The van der Waals surface area contributed by atoms with Crippen LogP contribution in [-0.4, -0.2) is 41.7 Å². The van der Waals surface area contributed by atoms with E-state index in [0.29, 0.717) is 0 Å². The van der Waals surface area contributed by atoms with Gasteiger partial charge in [-0.2, -0.15) is 0 Å². The quantitative estimate of drug-likeness (QED) is 0.824. The molecule has 0 radical (unpaired) electrons. The number of nitrogens with one attached hydrogen (secondary N) is 2. The molecule has 1 aromatic rings. The molecule has 0 bridgehead atoms. The summed E-state index contributed by atoms with van der Waals surface area (Å²) in [6.45, 7) is 2.83. The molecule has 126 valence electrons. The number of sulfone groups is 1. The van der Waals surface area contributed by atoms with Crippen molar-refractivity contribution in [2.75, 3.05) is 12.8 Å². The van der Waals surface area contributed by atoms with Crippen LogP contribution >= 0.6 is 12.4 Å². The highest BCUT2D eigenvalue weighted by Gasteiger charge is 2.26. The fourth-order valence-electron chi connectivity index (χ4n) is 2.34. The van der Waals surface area contributed by atoms with E-state index >= 15 is 0 Å². The zero-order valence-electron chi connectivity index (χ0n) is 12.4. The van der Waals surface area contributed by atoms with E-state index in [0.717, 1.165) is 25.6 Å². The molecule has 0 spiro atoms. The fraction of sp³-hybridized carbons (Fsp3) is 0.538. The molecule has 1 aromatic carbocycles. The number of hydrogen-bond acceptors (Lipinski definition) is 5. The molecule has 1 aliphatic rings. The van der Waals surface area contributed by atoms with Crippen LogP contribution < -0.4 is 10.0 Å². The van der Waals surface area contributed by atoms with Gasteiger partial charge in [0, 0.05) is 18.3 Å². The predicted molar refractivity (Wildman–Crippen MR) is 87.6 cm³/mol. The first-order valence-corrected chi connectivity index (χ1v) is 10.1. The maximum Gasteiger partial charge on any atom is 0.240 e. The highest BCUT2D eigenvalue weighted by Crippen LogP contribution is 2.17. The van der Waals surface area contributed by atoms with Crippen LogP contribution in [0.15, 0.2) is 34.1 Å². The Morgan fingerprint density at radius 2 is 1.64 bits per heavy atom. The summed E-state index contributed by atoms with van der Waals surface area (Å²) in [4.78, 5) is 0.182. The van der Waals surface area contributed by atoms with Crippen LogP contribution in [0.4, 0.5) is 0 Å². The molecular weight excluding hydrogens is 348 g/mol. The molecule has 0 aromatic heterocycles. The summed E-state index contributed by atoms with van der Waals surface area (Å²) in [5, 5.41) is 3.23. The SMILES string of the molecule is CC1NCCCC1NS(=O)(=O)c1ccc(S(C)(=O)=O)cc1.Cl. The Bertz CT molecular complexity index is 702. The summed E-state index contributed by atoms with van der Waals surface area (Å²) in [5.41, 5.74) is 0. The van der Waals surface area contributed by atoms with Crippen molar-refractivity contribution < 1.29 is 16.8 Å². The van der Waals surface area contributed by atoms with Crippen LogP contribution in [0.2, 0.25) is 0 Å². The summed E-state index contributed by atoms with van der Waals surface area (Å²) in [6.07, 6.45) is 2.80. The molecule has 9 heteroatoms. The second kappa shape index (κ2) is 7.27. The van der Waals surface area contributed by atoms with Gasteiger partial charge in [-0.15, -0.1) is 12.4 Å². The van der Waals surface area contributed by atoms with Gasteiger partial charge in [0.05, 0.1) is 9.79 Å². The van der Waals surface area contributed by atoms with E-state index in [1.54, 1.807) is 0 Å². The lowest BCUT2D eigenvalue weighted by Gasteiger charge is -2.30. The molecule has 2 atom stereocenters. The van der Waals surface area contributed by atoms with E-state index in [1.807, 2.05) is 6.92 Å². The van der Waals surface area contributed by atoms with Crippen molar-refractivity contribution in [3.05, 3.63) is 24.3 Å². The minimum absolute atomic E-state index is 0. The summed E-state index contributed by atoms with van der Waals surface area (Å²) in [6, 6.07) is 5.18. The van der Waals surface area contributed by atoms with Gasteiger partial charge < -0.3 is 5.32 Å². The number of piperidine rings is 1. The molecule has 1 aliphatic heterocycles. The Morgan fingerprint density at radius 3 is 2.14 bits per heavy atom. The lowest BCUT2D eigenvalue weighted by atomic mass is 10.0. The van der Waals surface area contributed by atoms with Crippen LogP contribution in [0.3, 0.4) is 0 Å². The summed E-state index contributed by atoms with van der Waals surface area (Å²) in [7, 11) is -6.97. The number of rotatable bonds is 4. The molecule has 2 rings (SSSR count). The Morgan fingerprint density at radius 1 is 1.09 bits per heavy atom. The molecule has 0 saturated carbocycles. The molecule has 0 amide bonds. The molecule has 1 saturated heterocycles. The van der Waals surface area contributed by atoms with E-state index < -0.39 is 19.9 Å². The van der Waals surface area contributed by atoms with Gasteiger partial charge in [0.1, 0.15) is 0 Å². The maximum atomic E-state index is 12.3. The van der Waals surface area contributed by atoms with Gasteiger partial charge in [-0.1, -0.05) is 0 Å². The predicted octanol–water partition coefficient (Wildman–Crippen LogP) is 0.931. The van der Waals surface area contributed by atoms with Crippen LogP contribution in [0.25, 0.3) is 0 Å². The monoisotopic (exact) mass is 368 g/mol. The summed E-state index contributed by atoms with van der Waals surface area (Å²) >= 11 is 0. The van der Waals surface area contributed by atoms with Gasteiger partial charge in [-0.05, 0) is 50.6 Å². The van der Waals surface area contributed by atoms with E-state index in [1.165, 1.54) is 24.3 Å². The Balaban J connectivity index is 0.00000242. The molecule has 1 heterocycles. The van der Waals surface area contributed by atoms with Crippen LogP contribution in [0.5, 0.6) is 0 Å². The largest absolute Gasteiger partial charge is 0.313 e. The number of sulfonamides is 1. The van der Waals surface area contributed by atoms with Gasteiger partial charge in [0.2, 0.25) is 10.0 Å². The van der Waals surface area contributed by atoms with Gasteiger partial charge in [0.15, 0.2) is 9.84 Å². The van der Waals surface area contributed by atoms with E-state index in [2.05, 4.69) is 10.0 Å². The van der Waals surface area contributed by atoms with Crippen molar-refractivity contribution in [3.63, 3.8) is 0 Å². The van der Waals surface area contributed by atoms with Crippen molar-refractivity contribution in [2.24, 2.45) is 0 Å². The molecule has 2 unspecified atom stereocenters. The number of halogens is 1. The first-order valence-electron chi connectivity index (χ1n) is 6.76. The molecule has 2 N–H and O–H groups in total. The second-order valence-electron chi connectivity index (χ2n) is 5.36. The normalized spacial score (nSPS) is 22.8. The Kier molecular flexibility index (Phi) is 6.40. The minimum atomic E-state index is -3.64. The highest BCUT2D eigenvalue weighted by atomic mass is 35.5. The third-order valence-electron chi connectivity index (χ3n) is 3.63. The Labute approximate surface area is 138 Å². The first kappa shape index (κ1) is 19.4. The molecule has 6 nitrogen and oxygen atoms in total. The van der Waals surface area contributed by atoms with E-state index in [-0.39, 0.29) is 34.3 Å². The van der Waals surface area contributed by atoms with Crippen molar-refractivity contribution >= 4 is 32.3 Å². The topological polar surface area (TPSA) is 92.3 Å². The van der Waals surface area contributed by atoms with Gasteiger partial charge in [0.25, 0.3) is 0 Å². The molecule has 22 heavy (non-hydrogen) atoms. The van der Waals surface area contributed by atoms with Crippen molar-refractivity contribution in [2.45, 2.75) is 41.6 Å². The van der Waals surface area contributed by atoms with Crippen LogP contribution in [0.1, 0.15) is 19.8 Å². The standard InChI is InChI=1S/C13H20N2O4S2.ClH/c1-10-13(4-3-9-14-10)15-21(18,19)12-7-5-11(6-8-12)20(2,16)17;/h5-8,10,13-15H,3-4,9H2,1-2H3;1H.